The molecule has 0 radical (unpaired) electrons. The first-order valence-electron chi connectivity index (χ1n) is 6.19. The highest BCUT2D eigenvalue weighted by Crippen LogP contribution is 2.44. The molecule has 0 aromatic heterocycles. The van der Waals surface area contributed by atoms with Gasteiger partial charge in [0.1, 0.15) is 0 Å². The molecule has 0 N–H and O–H groups in total. The van der Waals surface area contributed by atoms with Gasteiger partial charge in [-0.1, -0.05) is 68.2 Å². The lowest BCUT2D eigenvalue weighted by molar-refractivity contribution is 0.0700. The maximum absolute atomic E-state index is 2.42. The Morgan fingerprint density at radius 3 is 1.07 bits per heavy atom. The quantitative estimate of drug-likeness (QED) is 0.574. The second-order valence-corrected chi connectivity index (χ2v) is 6.26. The molecule has 0 aromatic rings. The standard InChI is InChI=1S/C14H30/c1-9-13(5,6)11(3)12(4)14(7,8)10-2/h11-12H,9-10H2,1-8H3. The molecule has 0 aliphatic carbocycles. The average molecular weight is 198 g/mol. The zero-order valence-electron chi connectivity index (χ0n) is 11.6. The lowest BCUT2D eigenvalue weighted by Crippen LogP contribution is -2.34. The lowest BCUT2D eigenvalue weighted by Gasteiger charge is -2.42. The Kier molecular flexibility index (Phi) is 4.68. The monoisotopic (exact) mass is 198 g/mol. The van der Waals surface area contributed by atoms with Gasteiger partial charge in [-0.05, 0) is 22.7 Å². The molecule has 0 aliphatic rings. The molecule has 0 heteroatoms. The normalized spacial score (nSPS) is 18.0. The minimum atomic E-state index is 0.478. The van der Waals surface area contributed by atoms with Gasteiger partial charge in [0, 0.05) is 0 Å². The molecular weight excluding hydrogens is 168 g/mol. The summed E-state index contributed by atoms with van der Waals surface area (Å²) >= 11 is 0. The summed E-state index contributed by atoms with van der Waals surface area (Å²) in [5, 5.41) is 0. The Morgan fingerprint density at radius 2 is 0.929 bits per heavy atom. The first-order valence-corrected chi connectivity index (χ1v) is 6.19. The summed E-state index contributed by atoms with van der Waals surface area (Å²) in [4.78, 5) is 0. The van der Waals surface area contributed by atoms with Crippen LogP contribution in [-0.2, 0) is 0 Å². The summed E-state index contributed by atoms with van der Waals surface area (Å²) in [5.41, 5.74) is 0.956. The second-order valence-electron chi connectivity index (χ2n) is 6.26. The molecular formula is C14H30. The lowest BCUT2D eigenvalue weighted by atomic mass is 9.63. The molecule has 2 atom stereocenters. The summed E-state index contributed by atoms with van der Waals surface area (Å²) in [6.07, 6.45) is 2.55. The van der Waals surface area contributed by atoms with Crippen LogP contribution in [0.3, 0.4) is 0 Å². The highest BCUT2D eigenvalue weighted by molar-refractivity contribution is 4.85. The molecule has 0 bridgehead atoms. The molecule has 0 spiro atoms. The van der Waals surface area contributed by atoms with Crippen LogP contribution in [0.1, 0.15) is 68.2 Å². The van der Waals surface area contributed by atoms with Crippen LogP contribution in [0, 0.1) is 22.7 Å². The van der Waals surface area contributed by atoms with Crippen LogP contribution in [0.5, 0.6) is 0 Å². The molecule has 86 valence electrons. The van der Waals surface area contributed by atoms with E-state index in [1.165, 1.54) is 12.8 Å². The number of hydrogen-bond donors (Lipinski definition) is 0. The molecule has 0 rings (SSSR count). The second kappa shape index (κ2) is 4.68. The minimum absolute atomic E-state index is 0.478. The van der Waals surface area contributed by atoms with Gasteiger partial charge in [0.05, 0.1) is 0 Å². The summed E-state index contributed by atoms with van der Waals surface area (Å²) in [7, 11) is 0. The molecule has 0 saturated carbocycles. The topological polar surface area (TPSA) is 0 Å². The summed E-state index contributed by atoms with van der Waals surface area (Å²) in [6.45, 7) is 19.1. The van der Waals surface area contributed by atoms with Crippen LogP contribution in [0.2, 0.25) is 0 Å². The van der Waals surface area contributed by atoms with Crippen LogP contribution in [0.15, 0.2) is 0 Å². The van der Waals surface area contributed by atoms with Gasteiger partial charge in [-0.15, -0.1) is 0 Å². The van der Waals surface area contributed by atoms with E-state index in [9.17, 15) is 0 Å². The Balaban J connectivity index is 4.62. The van der Waals surface area contributed by atoms with E-state index in [1.54, 1.807) is 0 Å². The van der Waals surface area contributed by atoms with E-state index in [1.807, 2.05) is 0 Å². The van der Waals surface area contributed by atoms with Gasteiger partial charge in [0.25, 0.3) is 0 Å². The summed E-state index contributed by atoms with van der Waals surface area (Å²) in [5.74, 6) is 1.59. The first-order chi connectivity index (χ1) is 6.19. The molecule has 14 heavy (non-hydrogen) atoms. The van der Waals surface area contributed by atoms with E-state index in [2.05, 4.69) is 55.4 Å². The van der Waals surface area contributed by atoms with E-state index in [0.29, 0.717) is 10.8 Å². The Morgan fingerprint density at radius 1 is 0.714 bits per heavy atom. The maximum atomic E-state index is 2.42. The molecule has 2 unspecified atom stereocenters. The van der Waals surface area contributed by atoms with Crippen molar-refractivity contribution in [1.82, 2.24) is 0 Å². The number of rotatable bonds is 5. The summed E-state index contributed by atoms with van der Waals surface area (Å²) in [6, 6.07) is 0. The first kappa shape index (κ1) is 14.0. The molecule has 0 saturated heterocycles. The van der Waals surface area contributed by atoms with Crippen molar-refractivity contribution in [3.63, 3.8) is 0 Å². The van der Waals surface area contributed by atoms with Crippen molar-refractivity contribution in [1.29, 1.82) is 0 Å². The summed E-state index contributed by atoms with van der Waals surface area (Å²) < 4.78 is 0. The average Bonchev–Trinajstić information content (AvgIpc) is 2.15. The van der Waals surface area contributed by atoms with Crippen LogP contribution < -0.4 is 0 Å². The fourth-order valence-corrected chi connectivity index (χ4v) is 2.00. The maximum Gasteiger partial charge on any atom is -0.0328 e. The Bertz CT molecular complexity index is 145. The molecule has 0 fully saturated rings. The predicted molar refractivity (Wildman–Crippen MR) is 66.5 cm³/mol. The van der Waals surface area contributed by atoms with Crippen LogP contribution >= 0.6 is 0 Å². The molecule has 0 amide bonds. The third kappa shape index (κ3) is 3.00. The van der Waals surface area contributed by atoms with Crippen molar-refractivity contribution in [2.45, 2.75) is 68.2 Å². The van der Waals surface area contributed by atoms with Crippen molar-refractivity contribution < 1.29 is 0 Å². The smallest absolute Gasteiger partial charge is 0.0328 e. The van der Waals surface area contributed by atoms with Gasteiger partial charge in [0.2, 0.25) is 0 Å². The van der Waals surface area contributed by atoms with E-state index in [4.69, 9.17) is 0 Å². The van der Waals surface area contributed by atoms with Crippen molar-refractivity contribution in [2.75, 3.05) is 0 Å². The fraction of sp³-hybridized carbons (Fsp3) is 1.00. The van der Waals surface area contributed by atoms with E-state index >= 15 is 0 Å². The van der Waals surface area contributed by atoms with Gasteiger partial charge in [-0.2, -0.15) is 0 Å². The Hall–Kier alpha value is 0. The van der Waals surface area contributed by atoms with Gasteiger partial charge in [-0.3, -0.25) is 0 Å². The van der Waals surface area contributed by atoms with E-state index < -0.39 is 0 Å². The van der Waals surface area contributed by atoms with Gasteiger partial charge < -0.3 is 0 Å². The highest BCUT2D eigenvalue weighted by Gasteiger charge is 2.35. The van der Waals surface area contributed by atoms with E-state index in [-0.39, 0.29) is 0 Å². The zero-order valence-corrected chi connectivity index (χ0v) is 11.6. The Labute approximate surface area is 91.5 Å². The molecule has 0 heterocycles. The molecule has 0 aliphatic heterocycles. The van der Waals surface area contributed by atoms with Crippen molar-refractivity contribution in [2.24, 2.45) is 22.7 Å². The SMILES string of the molecule is CCC(C)(C)C(C)C(C)C(C)(C)CC. The number of hydrogen-bond acceptors (Lipinski definition) is 0. The molecule has 0 aromatic carbocycles. The van der Waals surface area contributed by atoms with Crippen LogP contribution in [0.25, 0.3) is 0 Å². The van der Waals surface area contributed by atoms with E-state index in [0.717, 1.165) is 11.8 Å². The van der Waals surface area contributed by atoms with Crippen molar-refractivity contribution in [3.05, 3.63) is 0 Å². The van der Waals surface area contributed by atoms with Crippen LogP contribution in [-0.4, -0.2) is 0 Å². The van der Waals surface area contributed by atoms with Gasteiger partial charge in [0.15, 0.2) is 0 Å². The zero-order chi connectivity index (χ0) is 11.6. The molecule has 0 nitrogen and oxygen atoms in total. The third-order valence-electron chi connectivity index (χ3n) is 5.04. The minimum Gasteiger partial charge on any atom is -0.0649 e. The largest absolute Gasteiger partial charge is 0.0649 e. The highest BCUT2D eigenvalue weighted by atomic mass is 14.4. The van der Waals surface area contributed by atoms with Crippen molar-refractivity contribution >= 4 is 0 Å². The van der Waals surface area contributed by atoms with Crippen LogP contribution in [0.4, 0.5) is 0 Å². The predicted octanol–water partition coefficient (Wildman–Crippen LogP) is 5.13. The third-order valence-corrected chi connectivity index (χ3v) is 5.04. The fourth-order valence-electron chi connectivity index (χ4n) is 2.00. The van der Waals surface area contributed by atoms with Gasteiger partial charge >= 0.3 is 0 Å². The van der Waals surface area contributed by atoms with Crippen molar-refractivity contribution in [3.8, 4) is 0 Å². The van der Waals surface area contributed by atoms with Gasteiger partial charge in [-0.25, -0.2) is 0 Å².